The van der Waals surface area contributed by atoms with Crippen molar-refractivity contribution in [3.63, 3.8) is 0 Å². The number of carbonyl (C=O) groups is 1. The van der Waals surface area contributed by atoms with Gasteiger partial charge in [0.2, 0.25) is 5.78 Å². The maximum atomic E-state index is 13.6. The first kappa shape index (κ1) is 13.4. The minimum Gasteiger partial charge on any atom is -0.785 e. The lowest BCUT2D eigenvalue weighted by Crippen LogP contribution is -2.55. The predicted octanol–water partition coefficient (Wildman–Crippen LogP) is 1.79. The quantitative estimate of drug-likeness (QED) is 0.792. The van der Waals surface area contributed by atoms with Gasteiger partial charge in [0, 0.05) is 11.1 Å². The second kappa shape index (κ2) is 4.37. The zero-order chi connectivity index (χ0) is 15.5. The van der Waals surface area contributed by atoms with E-state index in [1.165, 1.54) is 0 Å². The lowest BCUT2D eigenvalue weighted by Gasteiger charge is -2.33. The highest BCUT2D eigenvalue weighted by Crippen LogP contribution is 2.48. The molecular weight excluding hydrogens is 274 g/mol. The number of hydrogen-bond acceptors (Lipinski definition) is 2. The summed E-state index contributed by atoms with van der Waals surface area (Å²) in [5.74, 6) is -0.667. The molecule has 22 heavy (non-hydrogen) atoms. The van der Waals surface area contributed by atoms with Crippen molar-refractivity contribution in [1.29, 1.82) is 0 Å². The number of benzene rings is 2. The first-order valence-electron chi connectivity index (χ1n) is 7.62. The first-order chi connectivity index (χ1) is 10.6. The van der Waals surface area contributed by atoms with Crippen molar-refractivity contribution in [2.24, 2.45) is 0 Å². The standard InChI is InChI=1S/C19H17NO2/c1-12(2)20-17(13-8-4-3-5-9-13)16-14-10-6-7-11-15(14)19(20,22)18(16)21/h3-12,16H,1-2H3/t16-,19+/m1/s1. The van der Waals surface area contributed by atoms with Crippen LogP contribution >= 0.6 is 0 Å². The topological polar surface area (TPSA) is 43.1 Å². The maximum Gasteiger partial charge on any atom is 0.210 e. The van der Waals surface area contributed by atoms with Gasteiger partial charge in [-0.05, 0) is 31.5 Å². The van der Waals surface area contributed by atoms with Gasteiger partial charge >= 0.3 is 0 Å². The Morgan fingerprint density at radius 2 is 1.68 bits per heavy atom. The lowest BCUT2D eigenvalue weighted by molar-refractivity contribution is -0.783. The molecule has 0 unspecified atom stereocenters. The molecule has 110 valence electrons. The van der Waals surface area contributed by atoms with Gasteiger partial charge in [-0.25, -0.2) is 4.58 Å². The average molecular weight is 291 g/mol. The fourth-order valence-corrected chi connectivity index (χ4v) is 3.91. The van der Waals surface area contributed by atoms with Crippen LogP contribution < -0.4 is 5.11 Å². The second-order valence-corrected chi connectivity index (χ2v) is 6.24. The van der Waals surface area contributed by atoms with E-state index in [4.69, 9.17) is 0 Å². The first-order valence-corrected chi connectivity index (χ1v) is 7.62. The van der Waals surface area contributed by atoms with Gasteiger partial charge in [0.05, 0.1) is 0 Å². The van der Waals surface area contributed by atoms with E-state index in [1.807, 2.05) is 62.4 Å². The van der Waals surface area contributed by atoms with Crippen molar-refractivity contribution < 1.29 is 14.5 Å². The Balaban J connectivity index is 2.05. The third-order valence-corrected chi connectivity index (χ3v) is 4.69. The van der Waals surface area contributed by atoms with Crippen LogP contribution in [-0.4, -0.2) is 22.1 Å². The van der Waals surface area contributed by atoms with Crippen LogP contribution in [0.4, 0.5) is 0 Å². The van der Waals surface area contributed by atoms with Gasteiger partial charge in [-0.1, -0.05) is 42.5 Å². The van der Waals surface area contributed by atoms with Crippen molar-refractivity contribution >= 4 is 11.5 Å². The summed E-state index contributed by atoms with van der Waals surface area (Å²) in [4.78, 5) is 12.9. The molecule has 4 rings (SSSR count). The SMILES string of the molecule is CC(C)[N+]1=C(c2ccccc2)[C@@H]2C(=O)[C@@]1([O-])c1ccccc12. The molecule has 0 radical (unpaired) electrons. The number of Topliss-reactive ketones (excluding diaryl/α,β-unsaturated/α-hetero) is 1. The number of rotatable bonds is 2. The van der Waals surface area contributed by atoms with Crippen LogP contribution in [0.25, 0.3) is 0 Å². The van der Waals surface area contributed by atoms with Crippen LogP contribution in [0.2, 0.25) is 0 Å². The Hall–Kier alpha value is -2.26. The molecule has 2 atom stereocenters. The van der Waals surface area contributed by atoms with E-state index in [9.17, 15) is 9.90 Å². The molecular formula is C19H17NO2. The Morgan fingerprint density at radius 3 is 2.36 bits per heavy atom. The van der Waals surface area contributed by atoms with Gasteiger partial charge in [0.15, 0.2) is 11.4 Å². The Kier molecular flexibility index (Phi) is 2.66. The zero-order valence-corrected chi connectivity index (χ0v) is 12.6. The summed E-state index contributed by atoms with van der Waals surface area (Å²) < 4.78 is 1.78. The van der Waals surface area contributed by atoms with Gasteiger partial charge in [0.1, 0.15) is 12.0 Å². The minimum atomic E-state index is -1.78. The zero-order valence-electron chi connectivity index (χ0n) is 12.6. The summed E-state index contributed by atoms with van der Waals surface area (Å²) in [7, 11) is 0. The molecule has 0 saturated heterocycles. The molecule has 0 aromatic heterocycles. The maximum absolute atomic E-state index is 13.6. The van der Waals surface area contributed by atoms with Gasteiger partial charge in [-0.3, -0.25) is 4.79 Å². The van der Waals surface area contributed by atoms with E-state index >= 15 is 0 Å². The van der Waals surface area contributed by atoms with E-state index < -0.39 is 11.6 Å². The molecule has 2 aromatic rings. The molecule has 0 N–H and O–H groups in total. The van der Waals surface area contributed by atoms with E-state index in [1.54, 1.807) is 10.6 Å². The van der Waals surface area contributed by atoms with Crippen molar-refractivity contribution in [2.45, 2.75) is 31.5 Å². The van der Waals surface area contributed by atoms with Gasteiger partial charge in [0.25, 0.3) is 0 Å². The molecule has 3 nitrogen and oxygen atoms in total. The largest absolute Gasteiger partial charge is 0.785 e. The van der Waals surface area contributed by atoms with Crippen LogP contribution in [-0.2, 0) is 10.5 Å². The summed E-state index contributed by atoms with van der Waals surface area (Å²) in [5, 5.41) is 13.6. The summed E-state index contributed by atoms with van der Waals surface area (Å²) in [5.41, 5.74) is 1.54. The summed E-state index contributed by atoms with van der Waals surface area (Å²) >= 11 is 0. The molecule has 2 aromatic carbocycles. The number of ketones is 1. The Bertz CT molecular complexity index is 807. The third kappa shape index (κ3) is 1.44. The molecule has 0 saturated carbocycles. The van der Waals surface area contributed by atoms with Gasteiger partial charge in [-0.15, -0.1) is 0 Å². The lowest BCUT2D eigenvalue weighted by atomic mass is 9.90. The Labute approximate surface area is 129 Å². The summed E-state index contributed by atoms with van der Waals surface area (Å²) in [6.45, 7) is 3.94. The fraction of sp³-hybridized carbons (Fsp3) is 0.263. The second-order valence-electron chi connectivity index (χ2n) is 6.24. The van der Waals surface area contributed by atoms with Crippen LogP contribution in [0.5, 0.6) is 0 Å². The van der Waals surface area contributed by atoms with E-state index in [0.29, 0.717) is 5.56 Å². The summed E-state index contributed by atoms with van der Waals surface area (Å²) in [6, 6.07) is 17.2. The predicted molar refractivity (Wildman–Crippen MR) is 81.8 cm³/mol. The highest BCUT2D eigenvalue weighted by Gasteiger charge is 2.62. The third-order valence-electron chi connectivity index (χ3n) is 4.69. The van der Waals surface area contributed by atoms with Crippen molar-refractivity contribution in [3.8, 4) is 0 Å². The van der Waals surface area contributed by atoms with E-state index in [2.05, 4.69) is 0 Å². The van der Waals surface area contributed by atoms with Gasteiger partial charge < -0.3 is 5.11 Å². The van der Waals surface area contributed by atoms with Crippen molar-refractivity contribution in [3.05, 3.63) is 71.3 Å². The normalized spacial score (nSPS) is 26.0. The molecule has 2 aliphatic rings. The molecule has 1 heterocycles. The minimum absolute atomic E-state index is 0.0324. The molecule has 0 spiro atoms. The van der Waals surface area contributed by atoms with Crippen LogP contribution in [0.1, 0.15) is 36.5 Å². The number of carbonyl (C=O) groups excluding carboxylic acids is 1. The number of fused-ring (bicyclic) bond motifs is 5. The summed E-state index contributed by atoms with van der Waals surface area (Å²) in [6.07, 6.45) is 0. The van der Waals surface area contributed by atoms with Gasteiger partial charge in [-0.2, -0.15) is 0 Å². The van der Waals surface area contributed by atoms with Crippen LogP contribution in [0.15, 0.2) is 54.6 Å². The van der Waals surface area contributed by atoms with Crippen molar-refractivity contribution in [1.82, 2.24) is 0 Å². The van der Waals surface area contributed by atoms with Crippen LogP contribution in [0, 0.1) is 0 Å². The van der Waals surface area contributed by atoms with E-state index in [0.717, 1.165) is 16.8 Å². The fourth-order valence-electron chi connectivity index (χ4n) is 3.91. The molecule has 1 aliphatic carbocycles. The number of nitrogens with zero attached hydrogens (tertiary/aromatic N) is 1. The molecule has 0 fully saturated rings. The van der Waals surface area contributed by atoms with E-state index in [-0.39, 0.29) is 11.8 Å². The monoisotopic (exact) mass is 291 g/mol. The molecule has 1 aliphatic heterocycles. The highest BCUT2D eigenvalue weighted by molar-refractivity contribution is 6.22. The van der Waals surface area contributed by atoms with Crippen molar-refractivity contribution in [2.75, 3.05) is 0 Å². The Morgan fingerprint density at radius 1 is 1.05 bits per heavy atom. The average Bonchev–Trinajstić information content (AvgIpc) is 2.90. The number of hydrogen-bond donors (Lipinski definition) is 0. The highest BCUT2D eigenvalue weighted by atomic mass is 16.3. The molecule has 0 amide bonds. The molecule has 2 bridgehead atoms. The van der Waals surface area contributed by atoms with Crippen LogP contribution in [0.3, 0.4) is 0 Å². The smallest absolute Gasteiger partial charge is 0.210 e. The molecule has 3 heteroatoms.